The molecule has 0 unspecified atom stereocenters. The molecule has 0 radical (unpaired) electrons. The predicted molar refractivity (Wildman–Crippen MR) is 117 cm³/mol. The van der Waals surface area contributed by atoms with Crippen molar-refractivity contribution in [2.75, 3.05) is 0 Å². The standard InChI is InChI=1S/C22H15IN2O3/c23-21-13-17(6-11-22(21)28-15-16-4-2-1-3-5-16)12-19(14-24)18-7-9-20(10-8-18)25(26)27/h1-13H,15H2/b19-12-. The molecule has 3 aromatic carbocycles. The van der Waals surface area contributed by atoms with Gasteiger partial charge >= 0.3 is 0 Å². The van der Waals surface area contributed by atoms with E-state index in [1.54, 1.807) is 18.2 Å². The van der Waals surface area contributed by atoms with E-state index in [0.29, 0.717) is 17.7 Å². The molecule has 3 rings (SSSR count). The van der Waals surface area contributed by atoms with E-state index in [4.69, 9.17) is 4.74 Å². The fraction of sp³-hybridized carbons (Fsp3) is 0.0455. The minimum atomic E-state index is -0.462. The van der Waals surface area contributed by atoms with Crippen LogP contribution in [-0.2, 0) is 6.61 Å². The van der Waals surface area contributed by atoms with Gasteiger partial charge in [0, 0.05) is 12.1 Å². The van der Waals surface area contributed by atoms with Crippen molar-refractivity contribution < 1.29 is 9.66 Å². The van der Waals surface area contributed by atoms with Crippen molar-refractivity contribution in [2.45, 2.75) is 6.61 Å². The SMILES string of the molecule is N#C/C(=C/c1ccc(OCc2ccccc2)c(I)c1)c1ccc([N+](=O)[O-])cc1. The van der Waals surface area contributed by atoms with Crippen LogP contribution in [0.15, 0.2) is 72.8 Å². The first-order chi connectivity index (χ1) is 13.6. The zero-order chi connectivity index (χ0) is 19.9. The van der Waals surface area contributed by atoms with E-state index in [9.17, 15) is 15.4 Å². The molecule has 6 heteroatoms. The number of allylic oxidation sites excluding steroid dienone is 1. The maximum Gasteiger partial charge on any atom is 0.269 e. The average Bonchev–Trinajstić information content (AvgIpc) is 2.72. The Bertz CT molecular complexity index is 1060. The van der Waals surface area contributed by atoms with Gasteiger partial charge in [-0.3, -0.25) is 10.1 Å². The van der Waals surface area contributed by atoms with Gasteiger partial charge in [0.15, 0.2) is 0 Å². The Morgan fingerprint density at radius 2 is 1.82 bits per heavy atom. The van der Waals surface area contributed by atoms with E-state index in [-0.39, 0.29) is 5.69 Å². The summed E-state index contributed by atoms with van der Waals surface area (Å²) < 4.78 is 6.81. The number of nitro groups is 1. The third-order valence-electron chi connectivity index (χ3n) is 4.01. The van der Waals surface area contributed by atoms with E-state index < -0.39 is 4.92 Å². The van der Waals surface area contributed by atoms with Gasteiger partial charge in [0.05, 0.1) is 20.1 Å². The molecular weight excluding hydrogens is 467 g/mol. The lowest BCUT2D eigenvalue weighted by molar-refractivity contribution is -0.384. The molecule has 0 saturated heterocycles. The zero-order valence-electron chi connectivity index (χ0n) is 14.7. The third-order valence-corrected chi connectivity index (χ3v) is 4.86. The van der Waals surface area contributed by atoms with Gasteiger partial charge in [-0.1, -0.05) is 36.4 Å². The number of nitriles is 1. The fourth-order valence-corrected chi connectivity index (χ4v) is 3.26. The summed E-state index contributed by atoms with van der Waals surface area (Å²) >= 11 is 2.20. The summed E-state index contributed by atoms with van der Waals surface area (Å²) in [5.74, 6) is 0.774. The Labute approximate surface area is 176 Å². The summed E-state index contributed by atoms with van der Waals surface area (Å²) in [6.45, 7) is 0.484. The van der Waals surface area contributed by atoms with Gasteiger partial charge in [-0.2, -0.15) is 5.26 Å². The molecule has 0 aliphatic rings. The van der Waals surface area contributed by atoms with Crippen molar-refractivity contribution in [3.8, 4) is 11.8 Å². The van der Waals surface area contributed by atoms with Crippen LogP contribution in [0.3, 0.4) is 0 Å². The van der Waals surface area contributed by atoms with Crippen LogP contribution in [0, 0.1) is 25.0 Å². The highest BCUT2D eigenvalue weighted by Gasteiger charge is 2.08. The minimum Gasteiger partial charge on any atom is -0.488 e. The predicted octanol–water partition coefficient (Wildman–Crippen LogP) is 5.84. The number of ether oxygens (including phenoxy) is 1. The topological polar surface area (TPSA) is 76.2 Å². The number of nitro benzene ring substituents is 1. The molecule has 5 nitrogen and oxygen atoms in total. The van der Waals surface area contributed by atoms with Crippen LogP contribution >= 0.6 is 22.6 Å². The fourth-order valence-electron chi connectivity index (χ4n) is 2.57. The summed E-state index contributed by atoms with van der Waals surface area (Å²) in [5.41, 5.74) is 3.00. The average molecular weight is 482 g/mol. The van der Waals surface area contributed by atoms with Crippen molar-refractivity contribution >= 4 is 39.9 Å². The smallest absolute Gasteiger partial charge is 0.269 e. The van der Waals surface area contributed by atoms with Gasteiger partial charge in [-0.05, 0) is 69.6 Å². The maximum atomic E-state index is 10.8. The molecule has 3 aromatic rings. The molecule has 0 spiro atoms. The summed E-state index contributed by atoms with van der Waals surface area (Å²) in [6.07, 6.45) is 1.75. The maximum absolute atomic E-state index is 10.8. The van der Waals surface area contributed by atoms with Crippen molar-refractivity contribution in [1.82, 2.24) is 0 Å². The molecular formula is C22H15IN2O3. The van der Waals surface area contributed by atoms with Crippen molar-refractivity contribution in [1.29, 1.82) is 5.26 Å². The molecule has 0 atom stereocenters. The van der Waals surface area contributed by atoms with Gasteiger partial charge in [-0.15, -0.1) is 0 Å². The highest BCUT2D eigenvalue weighted by atomic mass is 127. The van der Waals surface area contributed by atoms with E-state index in [1.807, 2.05) is 48.5 Å². The quantitative estimate of drug-likeness (QED) is 0.145. The van der Waals surface area contributed by atoms with Crippen LogP contribution in [0.25, 0.3) is 11.6 Å². The number of hydrogen-bond acceptors (Lipinski definition) is 4. The number of rotatable bonds is 6. The second-order valence-electron chi connectivity index (χ2n) is 5.94. The van der Waals surface area contributed by atoms with E-state index in [2.05, 4.69) is 28.7 Å². The van der Waals surface area contributed by atoms with E-state index >= 15 is 0 Å². The Balaban J connectivity index is 1.78. The summed E-state index contributed by atoms with van der Waals surface area (Å²) in [6, 6.07) is 23.7. The Kier molecular flexibility index (Phi) is 6.40. The van der Waals surface area contributed by atoms with Crippen LogP contribution in [-0.4, -0.2) is 4.92 Å². The first-order valence-corrected chi connectivity index (χ1v) is 9.47. The van der Waals surface area contributed by atoms with Gasteiger partial charge in [0.1, 0.15) is 12.4 Å². The normalized spacial score (nSPS) is 10.9. The van der Waals surface area contributed by atoms with Crippen molar-refractivity contribution in [3.63, 3.8) is 0 Å². The van der Waals surface area contributed by atoms with E-state index in [0.717, 1.165) is 20.4 Å². The molecule has 0 bridgehead atoms. The van der Waals surface area contributed by atoms with Gasteiger partial charge in [-0.25, -0.2) is 0 Å². The molecule has 138 valence electrons. The zero-order valence-corrected chi connectivity index (χ0v) is 16.9. The molecule has 0 saturated carbocycles. The first kappa shape index (κ1) is 19.6. The van der Waals surface area contributed by atoms with Gasteiger partial charge < -0.3 is 4.74 Å². The molecule has 0 aliphatic carbocycles. The Hall–Kier alpha value is -3.18. The monoisotopic (exact) mass is 482 g/mol. The number of hydrogen-bond donors (Lipinski definition) is 0. The molecule has 0 heterocycles. The second-order valence-corrected chi connectivity index (χ2v) is 7.10. The van der Waals surface area contributed by atoms with Crippen molar-refractivity contribution in [3.05, 3.63) is 103 Å². The first-order valence-electron chi connectivity index (χ1n) is 8.40. The highest BCUT2D eigenvalue weighted by Crippen LogP contribution is 2.26. The molecule has 0 aliphatic heterocycles. The van der Waals surface area contributed by atoms with Crippen LogP contribution in [0.5, 0.6) is 5.75 Å². The molecule has 28 heavy (non-hydrogen) atoms. The lowest BCUT2D eigenvalue weighted by Crippen LogP contribution is -1.97. The van der Waals surface area contributed by atoms with E-state index in [1.165, 1.54) is 12.1 Å². The summed E-state index contributed by atoms with van der Waals surface area (Å²) in [5, 5.41) is 20.2. The minimum absolute atomic E-state index is 0.00416. The Morgan fingerprint density at radius 1 is 1.11 bits per heavy atom. The molecule has 0 fully saturated rings. The van der Waals surface area contributed by atoms with Crippen LogP contribution in [0.1, 0.15) is 16.7 Å². The lowest BCUT2D eigenvalue weighted by Gasteiger charge is -2.09. The summed E-state index contributed by atoms with van der Waals surface area (Å²) in [7, 11) is 0. The van der Waals surface area contributed by atoms with Gasteiger partial charge in [0.2, 0.25) is 0 Å². The number of halogens is 1. The van der Waals surface area contributed by atoms with Crippen LogP contribution in [0.4, 0.5) is 5.69 Å². The molecule has 0 aromatic heterocycles. The van der Waals surface area contributed by atoms with Gasteiger partial charge in [0.25, 0.3) is 5.69 Å². The van der Waals surface area contributed by atoms with Crippen LogP contribution in [0.2, 0.25) is 0 Å². The number of benzene rings is 3. The molecule has 0 amide bonds. The third kappa shape index (κ3) is 4.96. The van der Waals surface area contributed by atoms with Crippen molar-refractivity contribution in [2.24, 2.45) is 0 Å². The largest absolute Gasteiger partial charge is 0.488 e. The number of nitrogens with zero attached hydrogens (tertiary/aromatic N) is 2. The highest BCUT2D eigenvalue weighted by molar-refractivity contribution is 14.1. The van der Waals surface area contributed by atoms with Crippen LogP contribution < -0.4 is 4.74 Å². The lowest BCUT2D eigenvalue weighted by atomic mass is 10.0. The second kappa shape index (κ2) is 9.15. The Morgan fingerprint density at radius 3 is 2.43 bits per heavy atom. The molecule has 0 N–H and O–H groups in total. The summed E-state index contributed by atoms with van der Waals surface area (Å²) in [4.78, 5) is 10.3. The number of non-ortho nitro benzene ring substituents is 1.